The van der Waals surface area contributed by atoms with Gasteiger partial charge in [-0.05, 0) is 59.6 Å². The number of nitrogens with one attached hydrogen (secondary N) is 1. The van der Waals surface area contributed by atoms with E-state index < -0.39 is 0 Å². The quantitative estimate of drug-likeness (QED) is 0.591. The number of hydrogen-bond acceptors (Lipinski definition) is 1. The van der Waals surface area contributed by atoms with E-state index in [1.54, 1.807) is 0 Å². The standard InChI is InChI=1S/C17H24BrClFN/c1-3-9-21-17(12-6-5-11(4-2)10-12)13-7-8-14(18)15(19)16(13)20/h7-8,11-12,17,21H,3-6,9-10H2,1-2H3. The van der Waals surface area contributed by atoms with E-state index in [1.165, 1.54) is 25.7 Å². The molecule has 0 bridgehead atoms. The lowest BCUT2D eigenvalue weighted by atomic mass is 9.90. The molecule has 21 heavy (non-hydrogen) atoms. The maximum Gasteiger partial charge on any atom is 0.147 e. The molecule has 2 rings (SSSR count). The third-order valence-corrected chi connectivity index (χ3v) is 5.90. The molecule has 1 aromatic rings. The normalized spacial score (nSPS) is 23.5. The first-order valence-corrected chi connectivity index (χ1v) is 9.12. The molecule has 3 atom stereocenters. The average Bonchev–Trinajstić information content (AvgIpc) is 2.96. The fraction of sp³-hybridized carbons (Fsp3) is 0.647. The van der Waals surface area contributed by atoms with Gasteiger partial charge in [0.1, 0.15) is 5.82 Å². The minimum absolute atomic E-state index is 0.0760. The summed E-state index contributed by atoms with van der Waals surface area (Å²) in [6.07, 6.45) is 5.89. The third kappa shape index (κ3) is 4.00. The molecular formula is C17H24BrClFN. The Kier molecular flexibility index (Phi) is 6.51. The smallest absolute Gasteiger partial charge is 0.147 e. The fourth-order valence-corrected chi connectivity index (χ4v) is 3.88. The Bertz CT molecular complexity index is 480. The van der Waals surface area contributed by atoms with E-state index in [9.17, 15) is 4.39 Å². The van der Waals surface area contributed by atoms with E-state index in [2.05, 4.69) is 35.1 Å². The van der Waals surface area contributed by atoms with Crippen LogP contribution >= 0.6 is 27.5 Å². The van der Waals surface area contributed by atoms with Crippen LogP contribution < -0.4 is 5.32 Å². The first kappa shape index (κ1) is 17.2. The Morgan fingerprint density at radius 1 is 1.38 bits per heavy atom. The van der Waals surface area contributed by atoms with Crippen LogP contribution in [0.1, 0.15) is 57.6 Å². The van der Waals surface area contributed by atoms with Gasteiger partial charge < -0.3 is 5.32 Å². The van der Waals surface area contributed by atoms with Gasteiger partial charge in [-0.2, -0.15) is 0 Å². The first-order valence-electron chi connectivity index (χ1n) is 7.95. The summed E-state index contributed by atoms with van der Waals surface area (Å²) in [5.74, 6) is 1.02. The van der Waals surface area contributed by atoms with E-state index in [1.807, 2.05) is 12.1 Å². The minimum atomic E-state index is -0.278. The van der Waals surface area contributed by atoms with Crippen molar-refractivity contribution < 1.29 is 4.39 Å². The summed E-state index contributed by atoms with van der Waals surface area (Å²) >= 11 is 9.37. The van der Waals surface area contributed by atoms with Crippen molar-refractivity contribution in [3.8, 4) is 0 Å². The van der Waals surface area contributed by atoms with Crippen LogP contribution in [0.2, 0.25) is 5.02 Å². The highest BCUT2D eigenvalue weighted by Crippen LogP contribution is 2.42. The molecule has 0 aliphatic heterocycles. The molecule has 1 nitrogen and oxygen atoms in total. The van der Waals surface area contributed by atoms with Gasteiger partial charge in [-0.25, -0.2) is 4.39 Å². The molecule has 118 valence electrons. The minimum Gasteiger partial charge on any atom is -0.310 e. The molecule has 0 aromatic heterocycles. The van der Waals surface area contributed by atoms with Crippen LogP contribution in [-0.2, 0) is 0 Å². The third-order valence-electron chi connectivity index (χ3n) is 4.64. The number of rotatable bonds is 6. The van der Waals surface area contributed by atoms with E-state index in [0.29, 0.717) is 10.4 Å². The highest BCUT2D eigenvalue weighted by molar-refractivity contribution is 9.10. The summed E-state index contributed by atoms with van der Waals surface area (Å²) in [5.41, 5.74) is 0.721. The number of benzene rings is 1. The second-order valence-corrected chi connectivity index (χ2v) is 7.28. The van der Waals surface area contributed by atoms with Crippen LogP contribution in [0.5, 0.6) is 0 Å². The second kappa shape index (κ2) is 7.94. The molecule has 1 fully saturated rings. The summed E-state index contributed by atoms with van der Waals surface area (Å²) in [6, 6.07) is 3.80. The van der Waals surface area contributed by atoms with Gasteiger partial charge in [0, 0.05) is 16.1 Å². The predicted octanol–water partition coefficient (Wildman–Crippen LogP) is 6.11. The zero-order chi connectivity index (χ0) is 15.4. The van der Waals surface area contributed by atoms with E-state index in [0.717, 1.165) is 24.4 Å². The van der Waals surface area contributed by atoms with Crippen molar-refractivity contribution >= 4 is 27.5 Å². The molecule has 3 unspecified atom stereocenters. The van der Waals surface area contributed by atoms with Gasteiger partial charge in [0.25, 0.3) is 0 Å². The summed E-state index contributed by atoms with van der Waals surface area (Å²) in [6.45, 7) is 5.29. The van der Waals surface area contributed by atoms with Crippen LogP contribution in [-0.4, -0.2) is 6.54 Å². The molecule has 0 radical (unpaired) electrons. The maximum absolute atomic E-state index is 14.6. The highest BCUT2D eigenvalue weighted by Gasteiger charge is 2.32. The highest BCUT2D eigenvalue weighted by atomic mass is 79.9. The van der Waals surface area contributed by atoms with E-state index in [4.69, 9.17) is 11.6 Å². The molecule has 1 aliphatic carbocycles. The lowest BCUT2D eigenvalue weighted by Crippen LogP contribution is -2.29. The largest absolute Gasteiger partial charge is 0.310 e. The topological polar surface area (TPSA) is 12.0 Å². The lowest BCUT2D eigenvalue weighted by molar-refractivity contribution is 0.345. The van der Waals surface area contributed by atoms with Crippen LogP contribution in [0.3, 0.4) is 0 Å². The molecule has 0 amide bonds. The van der Waals surface area contributed by atoms with Gasteiger partial charge in [0.2, 0.25) is 0 Å². The van der Waals surface area contributed by atoms with Crippen LogP contribution in [0.4, 0.5) is 4.39 Å². The van der Waals surface area contributed by atoms with Crippen molar-refractivity contribution in [2.45, 2.75) is 52.0 Å². The molecule has 1 aliphatic rings. The Balaban J connectivity index is 2.26. The van der Waals surface area contributed by atoms with Gasteiger partial charge in [-0.3, -0.25) is 0 Å². The van der Waals surface area contributed by atoms with Crippen molar-refractivity contribution in [3.05, 3.63) is 33.0 Å². The summed E-state index contributed by atoms with van der Waals surface area (Å²) in [4.78, 5) is 0. The second-order valence-electron chi connectivity index (χ2n) is 6.04. The number of halogens is 3. The summed E-state index contributed by atoms with van der Waals surface area (Å²) in [7, 11) is 0. The van der Waals surface area contributed by atoms with Gasteiger partial charge in [-0.15, -0.1) is 0 Å². The van der Waals surface area contributed by atoms with Gasteiger partial charge in [-0.1, -0.05) is 44.4 Å². The SMILES string of the molecule is CCCNC(c1ccc(Br)c(Cl)c1F)C1CCC(CC)C1. The monoisotopic (exact) mass is 375 g/mol. The summed E-state index contributed by atoms with van der Waals surface area (Å²) < 4.78 is 15.2. The fourth-order valence-electron chi connectivity index (χ4n) is 3.40. The van der Waals surface area contributed by atoms with Crippen molar-refractivity contribution in [1.82, 2.24) is 5.32 Å². The Morgan fingerprint density at radius 3 is 2.76 bits per heavy atom. The van der Waals surface area contributed by atoms with Crippen molar-refractivity contribution in [3.63, 3.8) is 0 Å². The molecule has 0 spiro atoms. The van der Waals surface area contributed by atoms with Crippen LogP contribution in [0, 0.1) is 17.7 Å². The molecule has 1 N–H and O–H groups in total. The molecule has 1 saturated carbocycles. The van der Waals surface area contributed by atoms with Gasteiger partial charge >= 0.3 is 0 Å². The molecular weight excluding hydrogens is 353 g/mol. The van der Waals surface area contributed by atoms with Crippen LogP contribution in [0.15, 0.2) is 16.6 Å². The van der Waals surface area contributed by atoms with Crippen molar-refractivity contribution in [1.29, 1.82) is 0 Å². The molecule has 0 saturated heterocycles. The molecule has 1 aromatic carbocycles. The van der Waals surface area contributed by atoms with E-state index in [-0.39, 0.29) is 16.9 Å². The molecule has 0 heterocycles. The Hall–Kier alpha value is -0.120. The van der Waals surface area contributed by atoms with Crippen LogP contribution in [0.25, 0.3) is 0 Å². The van der Waals surface area contributed by atoms with Gasteiger partial charge in [0.05, 0.1) is 5.02 Å². The van der Waals surface area contributed by atoms with Gasteiger partial charge in [0.15, 0.2) is 0 Å². The van der Waals surface area contributed by atoms with E-state index >= 15 is 0 Å². The number of hydrogen-bond donors (Lipinski definition) is 1. The first-order chi connectivity index (χ1) is 10.1. The zero-order valence-corrected chi connectivity index (χ0v) is 15.1. The summed E-state index contributed by atoms with van der Waals surface area (Å²) in [5, 5.41) is 3.74. The zero-order valence-electron chi connectivity index (χ0n) is 12.8. The van der Waals surface area contributed by atoms with Crippen molar-refractivity contribution in [2.75, 3.05) is 6.54 Å². The Labute approximate surface area is 140 Å². The maximum atomic E-state index is 14.6. The van der Waals surface area contributed by atoms with Crippen molar-refractivity contribution in [2.24, 2.45) is 11.8 Å². The average molecular weight is 377 g/mol. The predicted molar refractivity (Wildman–Crippen MR) is 91.3 cm³/mol. The Morgan fingerprint density at radius 2 is 2.14 bits per heavy atom. The molecule has 4 heteroatoms. The lowest BCUT2D eigenvalue weighted by Gasteiger charge is -2.26.